The van der Waals surface area contributed by atoms with Gasteiger partial charge in [0.15, 0.2) is 5.78 Å². The second kappa shape index (κ2) is 18.1. The Bertz CT molecular complexity index is 614. The summed E-state index contributed by atoms with van der Waals surface area (Å²) >= 11 is 1.58. The summed E-state index contributed by atoms with van der Waals surface area (Å²) in [6.45, 7) is 5.89. The Hall–Kier alpha value is -1.25. The zero-order chi connectivity index (χ0) is 24.5. The fourth-order valence-electron chi connectivity index (χ4n) is 3.85. The zero-order valence-corrected chi connectivity index (χ0v) is 21.4. The summed E-state index contributed by atoms with van der Waals surface area (Å²) in [6, 6.07) is 0. The van der Waals surface area contributed by atoms with Gasteiger partial charge in [0.05, 0.1) is 5.25 Å². The molecule has 0 aromatic carbocycles. The zero-order valence-electron chi connectivity index (χ0n) is 20.6. The predicted molar refractivity (Wildman–Crippen MR) is 133 cm³/mol. The highest BCUT2D eigenvalue weighted by Gasteiger charge is 2.38. The maximum Gasteiger partial charge on any atom is 0.242 e. The number of carbonyl (C=O) groups excluding carboxylic acids is 4. The number of Topliss-reactive ketones (excluding diaryl/α,β-unsaturated/α-hetero) is 2. The average molecular weight is 485 g/mol. The van der Waals surface area contributed by atoms with Crippen molar-refractivity contribution in [1.82, 2.24) is 10.2 Å². The lowest BCUT2D eigenvalue weighted by Gasteiger charge is -2.14. The van der Waals surface area contributed by atoms with Gasteiger partial charge in [-0.05, 0) is 45.6 Å². The van der Waals surface area contributed by atoms with Gasteiger partial charge in [-0.2, -0.15) is 0 Å². The van der Waals surface area contributed by atoms with Gasteiger partial charge in [-0.1, -0.05) is 39.0 Å². The van der Waals surface area contributed by atoms with E-state index in [9.17, 15) is 24.3 Å². The number of amides is 2. The topological polar surface area (TPSA) is 104 Å². The Morgan fingerprint density at radius 1 is 1.03 bits per heavy atom. The second-order valence-electron chi connectivity index (χ2n) is 8.98. The third-order valence-corrected chi connectivity index (χ3v) is 7.21. The van der Waals surface area contributed by atoms with Crippen molar-refractivity contribution >= 4 is 35.1 Å². The van der Waals surface area contributed by atoms with Crippen molar-refractivity contribution in [3.8, 4) is 0 Å². The van der Waals surface area contributed by atoms with Crippen LogP contribution in [0.25, 0.3) is 0 Å². The fourth-order valence-corrected chi connectivity index (χ4v) is 4.93. The van der Waals surface area contributed by atoms with Gasteiger partial charge in [-0.25, -0.2) is 0 Å². The first kappa shape index (κ1) is 29.8. The van der Waals surface area contributed by atoms with E-state index in [2.05, 4.69) is 12.2 Å². The molecule has 8 heteroatoms. The maximum atomic E-state index is 12.5. The molecule has 2 unspecified atom stereocenters. The minimum absolute atomic E-state index is 0.0537. The molecule has 2 amide bonds. The summed E-state index contributed by atoms with van der Waals surface area (Å²) in [5.41, 5.74) is 0. The number of rotatable bonds is 21. The highest BCUT2D eigenvalue weighted by atomic mass is 32.2. The van der Waals surface area contributed by atoms with E-state index < -0.39 is 6.10 Å². The van der Waals surface area contributed by atoms with Gasteiger partial charge in [0, 0.05) is 38.1 Å². The minimum Gasteiger partial charge on any atom is -0.385 e. The summed E-state index contributed by atoms with van der Waals surface area (Å²) in [6.07, 6.45) is 9.29. The standard InChI is InChI=1S/C25H44N2O5S/c1-3-4-10-15-26-16-18-33-23-19-24(31)27(25(23)32)17-11-6-8-13-21(29)12-7-5-9-14-22(30)20(2)28/h22-23,26,30H,3-19H2,1-2H3. The first-order chi connectivity index (χ1) is 15.9. The fraction of sp³-hybridized carbons (Fsp3) is 0.840. The van der Waals surface area contributed by atoms with Crippen LogP contribution in [-0.2, 0) is 19.2 Å². The number of carbonyl (C=O) groups is 4. The molecule has 0 aromatic heterocycles. The molecule has 7 nitrogen and oxygen atoms in total. The van der Waals surface area contributed by atoms with Crippen molar-refractivity contribution in [2.45, 2.75) is 109 Å². The van der Waals surface area contributed by atoms with Crippen LogP contribution in [0.3, 0.4) is 0 Å². The predicted octanol–water partition coefficient (Wildman–Crippen LogP) is 3.66. The van der Waals surface area contributed by atoms with Crippen LogP contribution in [0.5, 0.6) is 0 Å². The number of aliphatic hydroxyl groups excluding tert-OH is 1. The number of nitrogens with one attached hydrogen (secondary N) is 1. The maximum absolute atomic E-state index is 12.5. The van der Waals surface area contributed by atoms with Gasteiger partial charge < -0.3 is 10.4 Å². The van der Waals surface area contributed by atoms with E-state index in [0.717, 1.165) is 57.4 Å². The van der Waals surface area contributed by atoms with Gasteiger partial charge in [0.1, 0.15) is 11.9 Å². The normalized spacial score (nSPS) is 17.1. The number of aliphatic hydroxyl groups is 1. The summed E-state index contributed by atoms with van der Waals surface area (Å²) in [5.74, 6) is 0.739. The lowest BCUT2D eigenvalue weighted by atomic mass is 10.0. The van der Waals surface area contributed by atoms with E-state index >= 15 is 0 Å². The van der Waals surface area contributed by atoms with E-state index in [4.69, 9.17) is 0 Å². The molecule has 1 rings (SSSR count). The van der Waals surface area contributed by atoms with Gasteiger partial charge >= 0.3 is 0 Å². The number of hydrogen-bond acceptors (Lipinski definition) is 7. The van der Waals surface area contributed by atoms with Gasteiger partial charge in [-0.15, -0.1) is 11.8 Å². The SMILES string of the molecule is CCCCCNCCSC1CC(=O)N(CCCCCC(=O)CCCCCC(O)C(C)=O)C1=O. The lowest BCUT2D eigenvalue weighted by Crippen LogP contribution is -2.32. The van der Waals surface area contributed by atoms with Crippen LogP contribution in [0.1, 0.15) is 97.3 Å². The Morgan fingerprint density at radius 3 is 2.39 bits per heavy atom. The Kier molecular flexibility index (Phi) is 16.4. The van der Waals surface area contributed by atoms with Crippen LogP contribution in [0.4, 0.5) is 0 Å². The Balaban J connectivity index is 2.06. The van der Waals surface area contributed by atoms with Crippen LogP contribution in [0.15, 0.2) is 0 Å². The third kappa shape index (κ3) is 13.3. The molecule has 0 radical (unpaired) electrons. The van der Waals surface area contributed by atoms with Crippen LogP contribution >= 0.6 is 11.8 Å². The van der Waals surface area contributed by atoms with E-state index in [1.165, 1.54) is 31.1 Å². The van der Waals surface area contributed by atoms with E-state index in [0.29, 0.717) is 32.2 Å². The van der Waals surface area contributed by atoms with Crippen LogP contribution in [0, 0.1) is 0 Å². The number of likely N-dealkylation sites (tertiary alicyclic amines) is 1. The number of nitrogens with zero attached hydrogens (tertiary/aromatic N) is 1. The molecule has 2 N–H and O–H groups in total. The highest BCUT2D eigenvalue weighted by Crippen LogP contribution is 2.25. The minimum atomic E-state index is -0.874. The van der Waals surface area contributed by atoms with Crippen molar-refractivity contribution in [3.05, 3.63) is 0 Å². The smallest absolute Gasteiger partial charge is 0.242 e. The summed E-state index contributed by atoms with van der Waals surface area (Å²) in [5, 5.41) is 12.6. The van der Waals surface area contributed by atoms with Gasteiger partial charge in [-0.3, -0.25) is 24.1 Å². The monoisotopic (exact) mass is 484 g/mol. The molecule has 1 heterocycles. The first-order valence-electron chi connectivity index (χ1n) is 12.7. The quantitative estimate of drug-likeness (QED) is 0.189. The number of imide groups is 1. The molecule has 33 heavy (non-hydrogen) atoms. The van der Waals surface area contributed by atoms with Crippen molar-refractivity contribution in [3.63, 3.8) is 0 Å². The second-order valence-corrected chi connectivity index (χ2v) is 10.3. The number of unbranched alkanes of at least 4 members (excludes halogenated alkanes) is 6. The molecular weight excluding hydrogens is 440 g/mol. The van der Waals surface area contributed by atoms with Crippen molar-refractivity contribution in [1.29, 1.82) is 0 Å². The van der Waals surface area contributed by atoms with Crippen LogP contribution in [0.2, 0.25) is 0 Å². The van der Waals surface area contributed by atoms with Crippen molar-refractivity contribution in [2.24, 2.45) is 0 Å². The Labute approximate surface area is 203 Å². The molecule has 0 spiro atoms. The molecule has 190 valence electrons. The number of ketones is 2. The third-order valence-electron chi connectivity index (χ3n) is 6.00. The molecule has 1 saturated heterocycles. The molecule has 0 saturated carbocycles. The highest BCUT2D eigenvalue weighted by molar-refractivity contribution is 8.00. The van der Waals surface area contributed by atoms with E-state index in [1.807, 2.05) is 0 Å². The summed E-state index contributed by atoms with van der Waals surface area (Å²) in [7, 11) is 0. The summed E-state index contributed by atoms with van der Waals surface area (Å²) in [4.78, 5) is 49.1. The van der Waals surface area contributed by atoms with E-state index in [-0.39, 0.29) is 28.6 Å². The molecule has 0 aliphatic carbocycles. The molecule has 1 aliphatic heterocycles. The van der Waals surface area contributed by atoms with Crippen molar-refractivity contribution in [2.75, 3.05) is 25.4 Å². The number of thioether (sulfide) groups is 1. The van der Waals surface area contributed by atoms with Crippen LogP contribution in [-0.4, -0.2) is 70.1 Å². The van der Waals surface area contributed by atoms with E-state index in [1.54, 1.807) is 11.8 Å². The van der Waals surface area contributed by atoms with Gasteiger partial charge in [0.25, 0.3) is 0 Å². The van der Waals surface area contributed by atoms with Gasteiger partial charge in [0.2, 0.25) is 11.8 Å². The molecule has 0 aromatic rings. The molecule has 1 fully saturated rings. The number of hydrogen-bond donors (Lipinski definition) is 2. The molecule has 2 atom stereocenters. The summed E-state index contributed by atoms with van der Waals surface area (Å²) < 4.78 is 0. The lowest BCUT2D eigenvalue weighted by molar-refractivity contribution is -0.138. The van der Waals surface area contributed by atoms with Crippen LogP contribution < -0.4 is 5.32 Å². The first-order valence-corrected chi connectivity index (χ1v) is 13.8. The molecular formula is C25H44N2O5S. The molecule has 1 aliphatic rings. The average Bonchev–Trinajstić information content (AvgIpc) is 3.05. The largest absolute Gasteiger partial charge is 0.385 e. The molecule has 0 bridgehead atoms. The van der Waals surface area contributed by atoms with Crippen molar-refractivity contribution < 1.29 is 24.3 Å². The Morgan fingerprint density at radius 2 is 1.73 bits per heavy atom.